The van der Waals surface area contributed by atoms with Gasteiger partial charge in [-0.15, -0.1) is 0 Å². The smallest absolute Gasteiger partial charge is 0.0398 e. The van der Waals surface area contributed by atoms with Gasteiger partial charge in [0, 0.05) is 33.0 Å². The van der Waals surface area contributed by atoms with E-state index in [0.29, 0.717) is 0 Å². The first kappa shape index (κ1) is 14.4. The first-order valence-corrected chi connectivity index (χ1v) is 8.36. The largest absolute Gasteiger partial charge is 0.398 e. The van der Waals surface area contributed by atoms with Gasteiger partial charge in [-0.05, 0) is 26.1 Å². The molecule has 3 nitrogen and oxygen atoms in total. The number of para-hydroxylation sites is 3. The quantitative estimate of drug-likeness (QED) is 0.513. The zero-order chi connectivity index (χ0) is 15.5. The van der Waals surface area contributed by atoms with Crippen LogP contribution in [0.3, 0.4) is 0 Å². The van der Waals surface area contributed by atoms with Crippen molar-refractivity contribution in [2.45, 2.75) is 0 Å². The fourth-order valence-electron chi connectivity index (χ4n) is 2.46. The monoisotopic (exact) mass is 307 g/mol. The highest BCUT2D eigenvalue weighted by atomic mass is 31.1. The lowest BCUT2D eigenvalue weighted by Crippen LogP contribution is -2.26. The van der Waals surface area contributed by atoms with Gasteiger partial charge in [0.1, 0.15) is 0 Å². The molecule has 0 bridgehead atoms. The van der Waals surface area contributed by atoms with Crippen molar-refractivity contribution < 1.29 is 0 Å². The summed E-state index contributed by atoms with van der Waals surface area (Å²) in [6.07, 6.45) is 0. The van der Waals surface area contributed by atoms with Gasteiger partial charge >= 0.3 is 0 Å². The number of benzene rings is 3. The third kappa shape index (κ3) is 2.63. The number of hydrogen-bond acceptors (Lipinski definition) is 3. The molecule has 0 saturated heterocycles. The maximum atomic E-state index is 6.23. The van der Waals surface area contributed by atoms with Gasteiger partial charge in [0.2, 0.25) is 0 Å². The molecule has 0 aliphatic heterocycles. The maximum Gasteiger partial charge on any atom is 0.0398 e. The normalized spacial score (nSPS) is 10.8. The molecule has 0 unspecified atom stereocenters. The maximum absolute atomic E-state index is 6.23. The summed E-state index contributed by atoms with van der Waals surface area (Å²) in [6, 6.07) is 23.7. The highest BCUT2D eigenvalue weighted by molar-refractivity contribution is 7.80. The zero-order valence-electron chi connectivity index (χ0n) is 12.1. The predicted molar refractivity (Wildman–Crippen MR) is 98.4 cm³/mol. The Hall–Kier alpha value is -2.51. The van der Waals surface area contributed by atoms with Crippen LogP contribution < -0.4 is 33.1 Å². The van der Waals surface area contributed by atoms with Crippen LogP contribution in [0.25, 0.3) is 0 Å². The molecule has 3 rings (SSSR count). The number of anilines is 3. The van der Waals surface area contributed by atoms with Gasteiger partial charge in [0.25, 0.3) is 0 Å². The average molecular weight is 307 g/mol. The van der Waals surface area contributed by atoms with Gasteiger partial charge in [-0.25, -0.2) is 0 Å². The molecule has 4 heteroatoms. The lowest BCUT2D eigenvalue weighted by molar-refractivity contribution is 1.70. The Morgan fingerprint density at radius 2 is 0.727 bits per heavy atom. The highest BCUT2D eigenvalue weighted by Gasteiger charge is 2.22. The minimum atomic E-state index is -0.883. The fraction of sp³-hybridized carbons (Fsp3) is 0. The Morgan fingerprint density at radius 1 is 0.455 bits per heavy atom. The summed E-state index contributed by atoms with van der Waals surface area (Å²) in [7, 11) is -0.883. The minimum Gasteiger partial charge on any atom is -0.398 e. The Bertz CT molecular complexity index is 693. The number of nitrogen functional groups attached to an aromatic ring is 3. The number of rotatable bonds is 3. The van der Waals surface area contributed by atoms with Gasteiger partial charge in [-0.3, -0.25) is 0 Å². The highest BCUT2D eigenvalue weighted by Crippen LogP contribution is 2.38. The van der Waals surface area contributed by atoms with Gasteiger partial charge in [0.05, 0.1) is 0 Å². The van der Waals surface area contributed by atoms with Crippen molar-refractivity contribution in [3.63, 3.8) is 0 Å². The summed E-state index contributed by atoms with van der Waals surface area (Å²) < 4.78 is 0. The van der Waals surface area contributed by atoms with Crippen molar-refractivity contribution >= 4 is 40.9 Å². The zero-order valence-corrected chi connectivity index (χ0v) is 13.0. The van der Waals surface area contributed by atoms with Crippen LogP contribution in [0.15, 0.2) is 72.8 Å². The Balaban J connectivity index is 2.27. The second kappa shape index (κ2) is 6.08. The van der Waals surface area contributed by atoms with E-state index >= 15 is 0 Å². The van der Waals surface area contributed by atoms with Crippen LogP contribution in [0, 0.1) is 0 Å². The average Bonchev–Trinajstić information content (AvgIpc) is 2.53. The molecule has 3 aromatic carbocycles. The fourth-order valence-corrected chi connectivity index (χ4v) is 4.95. The molecule has 110 valence electrons. The molecule has 0 fully saturated rings. The van der Waals surface area contributed by atoms with E-state index in [1.165, 1.54) is 0 Å². The molecule has 0 aliphatic rings. The van der Waals surface area contributed by atoms with Crippen LogP contribution in [0.2, 0.25) is 0 Å². The van der Waals surface area contributed by atoms with Gasteiger partial charge < -0.3 is 17.2 Å². The summed E-state index contributed by atoms with van der Waals surface area (Å²) in [4.78, 5) is 0. The van der Waals surface area contributed by atoms with Crippen LogP contribution in [0.4, 0.5) is 17.1 Å². The molecule has 0 heterocycles. The lowest BCUT2D eigenvalue weighted by Gasteiger charge is -2.23. The minimum absolute atomic E-state index is 0.764. The lowest BCUT2D eigenvalue weighted by atomic mass is 10.3. The van der Waals surface area contributed by atoms with Gasteiger partial charge in [0.15, 0.2) is 0 Å². The van der Waals surface area contributed by atoms with Crippen LogP contribution in [-0.4, -0.2) is 0 Å². The van der Waals surface area contributed by atoms with E-state index in [9.17, 15) is 0 Å². The summed E-state index contributed by atoms with van der Waals surface area (Å²) in [6.45, 7) is 0. The van der Waals surface area contributed by atoms with Crippen molar-refractivity contribution in [1.29, 1.82) is 0 Å². The summed E-state index contributed by atoms with van der Waals surface area (Å²) in [5, 5.41) is 3.23. The predicted octanol–water partition coefficient (Wildman–Crippen LogP) is 2.19. The summed E-state index contributed by atoms with van der Waals surface area (Å²) >= 11 is 0. The van der Waals surface area contributed by atoms with Crippen LogP contribution >= 0.6 is 7.92 Å². The second-order valence-corrected chi connectivity index (χ2v) is 7.13. The number of nitrogens with two attached hydrogens (primary N) is 3. The molecule has 0 atom stereocenters. The molecule has 0 radical (unpaired) electrons. The van der Waals surface area contributed by atoms with E-state index in [4.69, 9.17) is 17.2 Å². The molecule has 22 heavy (non-hydrogen) atoms. The molecule has 0 amide bonds. The molecule has 3 aromatic rings. The summed E-state index contributed by atoms with van der Waals surface area (Å²) in [5.74, 6) is 0. The topological polar surface area (TPSA) is 78.1 Å². The molecule has 0 aromatic heterocycles. The van der Waals surface area contributed by atoms with E-state index < -0.39 is 7.92 Å². The standard InChI is InChI=1S/C18H18N3P/c19-13-7-1-4-10-16(13)22(17-11-5-2-8-14(17)20)18-12-6-3-9-15(18)21/h1-12H,19-21H2. The van der Waals surface area contributed by atoms with Crippen LogP contribution in [0.1, 0.15) is 0 Å². The third-order valence-corrected chi connectivity index (χ3v) is 6.20. The molecule has 0 saturated carbocycles. The second-order valence-electron chi connectivity index (χ2n) is 5.01. The molecular weight excluding hydrogens is 289 g/mol. The first-order chi connectivity index (χ1) is 10.7. The van der Waals surface area contributed by atoms with Crippen LogP contribution in [-0.2, 0) is 0 Å². The molecular formula is C18H18N3P. The van der Waals surface area contributed by atoms with E-state index in [1.54, 1.807) is 0 Å². The Labute approximate surface area is 131 Å². The van der Waals surface area contributed by atoms with E-state index in [-0.39, 0.29) is 0 Å². The van der Waals surface area contributed by atoms with Crippen molar-refractivity contribution in [1.82, 2.24) is 0 Å². The molecule has 0 spiro atoms. The molecule has 6 N–H and O–H groups in total. The van der Waals surface area contributed by atoms with Crippen LogP contribution in [0.5, 0.6) is 0 Å². The van der Waals surface area contributed by atoms with Crippen molar-refractivity contribution in [2.24, 2.45) is 0 Å². The van der Waals surface area contributed by atoms with Crippen molar-refractivity contribution in [3.05, 3.63) is 72.8 Å². The van der Waals surface area contributed by atoms with Crippen molar-refractivity contribution in [3.8, 4) is 0 Å². The summed E-state index contributed by atoms with van der Waals surface area (Å²) in [5.41, 5.74) is 21.0. The Morgan fingerprint density at radius 3 is 1.00 bits per heavy atom. The van der Waals surface area contributed by atoms with Gasteiger partial charge in [-0.1, -0.05) is 54.6 Å². The van der Waals surface area contributed by atoms with E-state index in [2.05, 4.69) is 18.2 Å². The van der Waals surface area contributed by atoms with Gasteiger partial charge in [-0.2, -0.15) is 0 Å². The van der Waals surface area contributed by atoms with E-state index in [0.717, 1.165) is 33.0 Å². The number of hydrogen-bond donors (Lipinski definition) is 3. The Kier molecular flexibility index (Phi) is 3.99. The van der Waals surface area contributed by atoms with Crippen molar-refractivity contribution in [2.75, 3.05) is 17.2 Å². The third-order valence-electron chi connectivity index (χ3n) is 3.53. The molecule has 0 aliphatic carbocycles. The first-order valence-electron chi connectivity index (χ1n) is 7.02. The van der Waals surface area contributed by atoms with E-state index in [1.807, 2.05) is 54.6 Å². The SMILES string of the molecule is Nc1ccccc1P(c1ccccc1N)c1ccccc1N.